The van der Waals surface area contributed by atoms with E-state index in [4.69, 9.17) is 23.2 Å². The van der Waals surface area contributed by atoms with E-state index in [1.165, 1.54) is 12.1 Å². The topological polar surface area (TPSA) is 32.3 Å². The Morgan fingerprint density at radius 2 is 1.78 bits per heavy atom. The average Bonchev–Trinajstić information content (AvgIpc) is 2.27. The lowest BCUT2D eigenvalue weighted by atomic mass is 10.2. The molecule has 2 N–H and O–H groups in total. The number of anilines is 1. The van der Waals surface area contributed by atoms with Gasteiger partial charge in [0.1, 0.15) is 11.6 Å². The van der Waals surface area contributed by atoms with Gasteiger partial charge in [-0.2, -0.15) is 0 Å². The van der Waals surface area contributed by atoms with Crippen molar-refractivity contribution in [3.8, 4) is 5.75 Å². The third kappa shape index (κ3) is 3.06. The molecule has 2 rings (SSSR count). The van der Waals surface area contributed by atoms with E-state index in [0.717, 1.165) is 5.56 Å². The van der Waals surface area contributed by atoms with Crippen molar-refractivity contribution in [2.75, 3.05) is 5.32 Å². The number of benzene rings is 2. The van der Waals surface area contributed by atoms with Crippen LogP contribution < -0.4 is 5.32 Å². The highest BCUT2D eigenvalue weighted by Crippen LogP contribution is 2.31. The summed E-state index contributed by atoms with van der Waals surface area (Å²) in [5.74, 6) is -0.293. The second-order valence-corrected chi connectivity index (χ2v) is 4.58. The molecule has 5 heteroatoms. The van der Waals surface area contributed by atoms with Gasteiger partial charge in [-0.3, -0.25) is 0 Å². The van der Waals surface area contributed by atoms with Gasteiger partial charge in [0.25, 0.3) is 0 Å². The van der Waals surface area contributed by atoms with Crippen LogP contribution >= 0.6 is 23.2 Å². The largest absolute Gasteiger partial charge is 0.508 e. The molecule has 18 heavy (non-hydrogen) atoms. The lowest BCUT2D eigenvalue weighted by Gasteiger charge is -2.10. The van der Waals surface area contributed by atoms with E-state index in [1.807, 2.05) is 6.07 Å². The standard InChI is InChI=1S/C13H10Cl2FNO/c14-11-5-9(16)6-12(15)13(11)17-7-8-2-1-3-10(18)4-8/h1-6,17-18H,7H2. The van der Waals surface area contributed by atoms with Gasteiger partial charge in [-0.1, -0.05) is 35.3 Å². The summed E-state index contributed by atoms with van der Waals surface area (Å²) >= 11 is 11.8. The number of rotatable bonds is 3. The Kier molecular flexibility index (Phi) is 3.94. The first-order chi connectivity index (χ1) is 8.56. The molecule has 0 unspecified atom stereocenters. The predicted octanol–water partition coefficient (Wildman–Crippen LogP) is 4.45. The highest BCUT2D eigenvalue weighted by atomic mass is 35.5. The van der Waals surface area contributed by atoms with E-state index >= 15 is 0 Å². The second-order valence-electron chi connectivity index (χ2n) is 3.77. The molecule has 0 fully saturated rings. The van der Waals surface area contributed by atoms with Gasteiger partial charge >= 0.3 is 0 Å². The molecule has 0 amide bonds. The third-order valence-electron chi connectivity index (χ3n) is 2.39. The average molecular weight is 286 g/mol. The summed E-state index contributed by atoms with van der Waals surface area (Å²) in [5, 5.41) is 12.8. The summed E-state index contributed by atoms with van der Waals surface area (Å²) in [6.45, 7) is 0.430. The minimum Gasteiger partial charge on any atom is -0.508 e. The smallest absolute Gasteiger partial charge is 0.126 e. The molecule has 0 heterocycles. The molecule has 0 aliphatic carbocycles. The summed E-state index contributed by atoms with van der Waals surface area (Å²) in [6.07, 6.45) is 0. The van der Waals surface area contributed by atoms with Crippen LogP contribution in [-0.4, -0.2) is 5.11 Å². The molecular formula is C13H10Cl2FNO. The summed E-state index contributed by atoms with van der Waals surface area (Å²) < 4.78 is 13.0. The summed E-state index contributed by atoms with van der Waals surface area (Å²) in [6, 6.07) is 9.18. The molecule has 2 nitrogen and oxygen atoms in total. The Morgan fingerprint density at radius 1 is 1.11 bits per heavy atom. The van der Waals surface area contributed by atoms with Gasteiger partial charge in [0.15, 0.2) is 0 Å². The van der Waals surface area contributed by atoms with E-state index in [2.05, 4.69) is 5.32 Å². The van der Waals surface area contributed by atoms with Gasteiger partial charge in [-0.25, -0.2) is 4.39 Å². The molecule has 2 aromatic rings. The lowest BCUT2D eigenvalue weighted by molar-refractivity contribution is 0.474. The zero-order valence-electron chi connectivity index (χ0n) is 9.25. The number of phenolic OH excluding ortho intramolecular Hbond substituents is 1. The van der Waals surface area contributed by atoms with Gasteiger partial charge in [0.05, 0.1) is 15.7 Å². The van der Waals surface area contributed by atoms with Crippen molar-refractivity contribution < 1.29 is 9.50 Å². The molecule has 0 spiro atoms. The molecule has 0 aliphatic rings. The molecule has 0 saturated heterocycles. The quantitative estimate of drug-likeness (QED) is 0.873. The maximum Gasteiger partial charge on any atom is 0.126 e. The number of nitrogens with one attached hydrogen (secondary N) is 1. The molecule has 0 bridgehead atoms. The van der Waals surface area contributed by atoms with Crippen LogP contribution in [0.25, 0.3) is 0 Å². The molecule has 0 atom stereocenters. The Labute approximate surface area is 114 Å². The number of phenols is 1. The van der Waals surface area contributed by atoms with Gasteiger partial charge < -0.3 is 10.4 Å². The molecule has 2 aromatic carbocycles. The first kappa shape index (κ1) is 13.0. The van der Waals surface area contributed by atoms with Crippen molar-refractivity contribution in [2.24, 2.45) is 0 Å². The first-order valence-corrected chi connectivity index (χ1v) is 5.98. The molecule has 0 aliphatic heterocycles. The predicted molar refractivity (Wildman–Crippen MR) is 71.9 cm³/mol. The molecule has 0 aromatic heterocycles. The zero-order chi connectivity index (χ0) is 13.1. The highest BCUT2D eigenvalue weighted by molar-refractivity contribution is 6.39. The van der Waals surface area contributed by atoms with E-state index < -0.39 is 5.82 Å². The van der Waals surface area contributed by atoms with Crippen LogP contribution in [0.5, 0.6) is 5.75 Å². The maximum absolute atomic E-state index is 13.0. The monoisotopic (exact) mass is 285 g/mol. The normalized spacial score (nSPS) is 10.4. The molecule has 0 saturated carbocycles. The first-order valence-electron chi connectivity index (χ1n) is 5.22. The summed E-state index contributed by atoms with van der Waals surface area (Å²) in [4.78, 5) is 0. The van der Waals surface area contributed by atoms with Crippen LogP contribution in [0.3, 0.4) is 0 Å². The van der Waals surface area contributed by atoms with Crippen molar-refractivity contribution >= 4 is 28.9 Å². The van der Waals surface area contributed by atoms with E-state index in [-0.39, 0.29) is 15.8 Å². The number of hydrogen-bond donors (Lipinski definition) is 2. The number of hydrogen-bond acceptors (Lipinski definition) is 2. The fourth-order valence-corrected chi connectivity index (χ4v) is 2.16. The van der Waals surface area contributed by atoms with Crippen LogP contribution in [0.2, 0.25) is 10.0 Å². The van der Waals surface area contributed by atoms with Gasteiger partial charge in [0, 0.05) is 6.54 Å². The van der Waals surface area contributed by atoms with Crippen LogP contribution in [0, 0.1) is 5.82 Å². The van der Waals surface area contributed by atoms with Gasteiger partial charge in [0.2, 0.25) is 0 Å². The minimum absolute atomic E-state index is 0.186. The number of aromatic hydroxyl groups is 1. The van der Waals surface area contributed by atoms with Gasteiger partial charge in [-0.05, 0) is 29.8 Å². The zero-order valence-corrected chi connectivity index (χ0v) is 10.8. The summed E-state index contributed by atoms with van der Waals surface area (Å²) in [5.41, 5.74) is 1.34. The Balaban J connectivity index is 2.16. The van der Waals surface area contributed by atoms with Crippen LogP contribution in [0.1, 0.15) is 5.56 Å². The second kappa shape index (κ2) is 5.46. The SMILES string of the molecule is Oc1cccc(CNc2c(Cl)cc(F)cc2Cl)c1. The molecular weight excluding hydrogens is 276 g/mol. The van der Waals surface area contributed by atoms with Crippen molar-refractivity contribution in [3.63, 3.8) is 0 Å². The van der Waals surface area contributed by atoms with Gasteiger partial charge in [-0.15, -0.1) is 0 Å². The Morgan fingerprint density at radius 3 is 2.39 bits per heavy atom. The lowest BCUT2D eigenvalue weighted by Crippen LogP contribution is -2.00. The van der Waals surface area contributed by atoms with E-state index in [9.17, 15) is 9.50 Å². The van der Waals surface area contributed by atoms with Crippen LogP contribution in [0.15, 0.2) is 36.4 Å². The fraction of sp³-hybridized carbons (Fsp3) is 0.0769. The van der Waals surface area contributed by atoms with Crippen molar-refractivity contribution in [2.45, 2.75) is 6.54 Å². The Hall–Kier alpha value is -1.45. The van der Waals surface area contributed by atoms with Crippen LogP contribution in [0.4, 0.5) is 10.1 Å². The molecule has 0 radical (unpaired) electrons. The van der Waals surface area contributed by atoms with Crippen molar-refractivity contribution in [3.05, 3.63) is 57.8 Å². The molecule has 94 valence electrons. The minimum atomic E-state index is -0.479. The number of halogens is 3. The fourth-order valence-electron chi connectivity index (χ4n) is 1.57. The van der Waals surface area contributed by atoms with Crippen molar-refractivity contribution in [1.82, 2.24) is 0 Å². The third-order valence-corrected chi connectivity index (χ3v) is 2.98. The highest BCUT2D eigenvalue weighted by Gasteiger charge is 2.08. The Bertz CT molecular complexity index is 552. The van der Waals surface area contributed by atoms with Crippen molar-refractivity contribution in [1.29, 1.82) is 0 Å². The van der Waals surface area contributed by atoms with Crippen LogP contribution in [-0.2, 0) is 6.54 Å². The van der Waals surface area contributed by atoms with E-state index in [1.54, 1.807) is 18.2 Å². The van der Waals surface area contributed by atoms with E-state index in [0.29, 0.717) is 12.2 Å². The maximum atomic E-state index is 13.0. The summed E-state index contributed by atoms with van der Waals surface area (Å²) in [7, 11) is 0.